The number of benzene rings is 2. The van der Waals surface area contributed by atoms with Gasteiger partial charge in [-0.15, -0.1) is 0 Å². The Morgan fingerprint density at radius 3 is 2.50 bits per heavy atom. The molecule has 0 fully saturated rings. The van der Waals surface area contributed by atoms with E-state index in [9.17, 15) is 4.79 Å². The monoisotopic (exact) mass is 298 g/mol. The summed E-state index contributed by atoms with van der Waals surface area (Å²) in [4.78, 5) is 13.2. The highest BCUT2D eigenvalue weighted by atomic mass is 16.4. The summed E-state index contributed by atoms with van der Waals surface area (Å²) in [5.41, 5.74) is 2.57. The lowest BCUT2D eigenvalue weighted by Crippen LogP contribution is -2.30. The maximum absolute atomic E-state index is 11.0. The summed E-state index contributed by atoms with van der Waals surface area (Å²) in [6, 6.07) is 17.7. The van der Waals surface area contributed by atoms with Crippen LogP contribution in [0.4, 0.5) is 0 Å². The van der Waals surface area contributed by atoms with E-state index in [0.717, 1.165) is 12.1 Å². The molecule has 0 saturated heterocycles. The lowest BCUT2D eigenvalue weighted by Gasteiger charge is -2.25. The average molecular weight is 298 g/mol. The normalized spacial score (nSPS) is 12.3. The molecule has 22 heavy (non-hydrogen) atoms. The van der Waals surface area contributed by atoms with Crippen molar-refractivity contribution >= 4 is 5.97 Å². The number of nitrogens with zero attached hydrogens (tertiary/aromatic N) is 1. The Labute approximate surface area is 131 Å². The van der Waals surface area contributed by atoms with E-state index >= 15 is 0 Å². The summed E-state index contributed by atoms with van der Waals surface area (Å²) in [6.07, 6.45) is 0. The molecule has 2 N–H and O–H groups in total. The topological polar surface area (TPSA) is 52.6 Å². The Balaban J connectivity index is 1.96. The zero-order valence-electron chi connectivity index (χ0n) is 13.0. The summed E-state index contributed by atoms with van der Waals surface area (Å²) in [5.74, 6) is -0.891. The van der Waals surface area contributed by atoms with Crippen LogP contribution in [-0.2, 0) is 6.54 Å². The number of nitrogens with one attached hydrogen (secondary N) is 1. The van der Waals surface area contributed by atoms with Crippen LogP contribution in [0.1, 0.15) is 27.5 Å². The molecule has 0 heterocycles. The first kappa shape index (κ1) is 16.2. The van der Waals surface area contributed by atoms with E-state index in [1.807, 2.05) is 24.3 Å². The molecule has 0 bridgehead atoms. The van der Waals surface area contributed by atoms with Crippen LogP contribution < -0.4 is 5.32 Å². The van der Waals surface area contributed by atoms with Gasteiger partial charge in [0.2, 0.25) is 0 Å². The van der Waals surface area contributed by atoms with Crippen molar-refractivity contribution in [1.82, 2.24) is 10.2 Å². The number of carboxylic acids is 1. The minimum Gasteiger partial charge on any atom is -0.478 e. The summed E-state index contributed by atoms with van der Waals surface area (Å²) in [7, 11) is 4.12. The van der Waals surface area contributed by atoms with Crippen molar-refractivity contribution in [2.24, 2.45) is 0 Å². The largest absolute Gasteiger partial charge is 0.478 e. The molecule has 0 aliphatic carbocycles. The molecule has 0 aromatic heterocycles. The van der Waals surface area contributed by atoms with Gasteiger partial charge in [-0.1, -0.05) is 42.5 Å². The number of carbonyl (C=O) groups is 1. The van der Waals surface area contributed by atoms with E-state index in [1.54, 1.807) is 18.2 Å². The van der Waals surface area contributed by atoms with Crippen LogP contribution in [0, 0.1) is 0 Å². The minimum absolute atomic E-state index is 0.281. The lowest BCUT2D eigenvalue weighted by molar-refractivity contribution is 0.0696. The van der Waals surface area contributed by atoms with Crippen LogP contribution in [0.15, 0.2) is 54.6 Å². The third kappa shape index (κ3) is 4.41. The zero-order chi connectivity index (χ0) is 15.9. The quantitative estimate of drug-likeness (QED) is 0.825. The van der Waals surface area contributed by atoms with Gasteiger partial charge in [0, 0.05) is 19.1 Å². The van der Waals surface area contributed by atoms with Crippen molar-refractivity contribution in [2.45, 2.75) is 12.6 Å². The second-order valence-corrected chi connectivity index (χ2v) is 5.53. The molecule has 0 aliphatic heterocycles. The molecule has 1 unspecified atom stereocenters. The SMILES string of the molecule is CN(C)C(CNCc1cccc(C(=O)O)c1)c1ccccc1. The van der Waals surface area contributed by atoms with Gasteiger partial charge in [0.1, 0.15) is 0 Å². The Morgan fingerprint density at radius 2 is 1.86 bits per heavy atom. The Morgan fingerprint density at radius 1 is 1.14 bits per heavy atom. The first-order valence-electron chi connectivity index (χ1n) is 7.32. The van der Waals surface area contributed by atoms with Crippen LogP contribution in [0.2, 0.25) is 0 Å². The summed E-state index contributed by atoms with van der Waals surface area (Å²) < 4.78 is 0. The van der Waals surface area contributed by atoms with Gasteiger partial charge in [0.15, 0.2) is 0 Å². The van der Waals surface area contributed by atoms with Gasteiger partial charge in [-0.05, 0) is 37.4 Å². The van der Waals surface area contributed by atoms with E-state index in [-0.39, 0.29) is 6.04 Å². The highest BCUT2D eigenvalue weighted by Gasteiger charge is 2.13. The molecule has 4 nitrogen and oxygen atoms in total. The fraction of sp³-hybridized carbons (Fsp3) is 0.278. The highest BCUT2D eigenvalue weighted by Crippen LogP contribution is 2.17. The van der Waals surface area contributed by atoms with Gasteiger partial charge in [-0.25, -0.2) is 4.79 Å². The molecule has 2 aromatic carbocycles. The van der Waals surface area contributed by atoms with Crippen molar-refractivity contribution in [3.8, 4) is 0 Å². The number of carboxylic acid groups (broad SMARTS) is 1. The molecule has 1 atom stereocenters. The molecule has 0 saturated carbocycles. The first-order chi connectivity index (χ1) is 10.6. The average Bonchev–Trinajstić information content (AvgIpc) is 2.52. The summed E-state index contributed by atoms with van der Waals surface area (Å²) in [5, 5.41) is 12.4. The molecule has 2 aromatic rings. The molecule has 4 heteroatoms. The van der Waals surface area contributed by atoms with Crippen LogP contribution >= 0.6 is 0 Å². The third-order valence-electron chi connectivity index (χ3n) is 3.65. The van der Waals surface area contributed by atoms with Crippen LogP contribution in [0.25, 0.3) is 0 Å². The summed E-state index contributed by atoms with van der Waals surface area (Å²) >= 11 is 0. The standard InChI is InChI=1S/C18H22N2O2/c1-20(2)17(15-8-4-3-5-9-15)13-19-12-14-7-6-10-16(11-14)18(21)22/h3-11,17,19H,12-13H2,1-2H3,(H,21,22). The van der Waals surface area contributed by atoms with Crippen LogP contribution in [-0.4, -0.2) is 36.6 Å². The molecule has 0 aliphatic rings. The second-order valence-electron chi connectivity index (χ2n) is 5.53. The van der Waals surface area contributed by atoms with Gasteiger partial charge in [-0.2, -0.15) is 0 Å². The molecule has 116 valence electrons. The Bertz CT molecular complexity index is 611. The van der Waals surface area contributed by atoms with Crippen molar-refractivity contribution in [3.05, 3.63) is 71.3 Å². The van der Waals surface area contributed by atoms with Crippen molar-refractivity contribution in [3.63, 3.8) is 0 Å². The summed E-state index contributed by atoms with van der Waals surface area (Å²) in [6.45, 7) is 1.45. The maximum atomic E-state index is 11.0. The second kappa shape index (κ2) is 7.73. The first-order valence-corrected chi connectivity index (χ1v) is 7.32. The Kier molecular flexibility index (Phi) is 5.69. The maximum Gasteiger partial charge on any atom is 0.335 e. The highest BCUT2D eigenvalue weighted by molar-refractivity contribution is 5.87. The molecule has 0 spiro atoms. The number of aromatic carboxylic acids is 1. The smallest absolute Gasteiger partial charge is 0.335 e. The number of hydrogen-bond acceptors (Lipinski definition) is 3. The van der Waals surface area contributed by atoms with Gasteiger partial charge in [0.25, 0.3) is 0 Å². The van der Waals surface area contributed by atoms with E-state index in [0.29, 0.717) is 12.1 Å². The number of rotatable bonds is 7. The van der Waals surface area contributed by atoms with Gasteiger partial charge >= 0.3 is 5.97 Å². The van der Waals surface area contributed by atoms with Crippen molar-refractivity contribution < 1.29 is 9.90 Å². The third-order valence-corrected chi connectivity index (χ3v) is 3.65. The van der Waals surface area contributed by atoms with Crippen LogP contribution in [0.5, 0.6) is 0 Å². The van der Waals surface area contributed by atoms with E-state index in [2.05, 4.69) is 36.4 Å². The van der Waals surface area contributed by atoms with E-state index in [4.69, 9.17) is 5.11 Å². The van der Waals surface area contributed by atoms with Gasteiger partial charge in [0.05, 0.1) is 5.56 Å². The molecular weight excluding hydrogens is 276 g/mol. The lowest BCUT2D eigenvalue weighted by atomic mass is 10.1. The fourth-order valence-corrected chi connectivity index (χ4v) is 2.44. The van der Waals surface area contributed by atoms with Crippen molar-refractivity contribution in [2.75, 3.05) is 20.6 Å². The van der Waals surface area contributed by atoms with Gasteiger partial charge < -0.3 is 15.3 Å². The zero-order valence-corrected chi connectivity index (χ0v) is 13.0. The van der Waals surface area contributed by atoms with E-state index < -0.39 is 5.97 Å². The number of hydrogen-bond donors (Lipinski definition) is 2. The van der Waals surface area contributed by atoms with Gasteiger partial charge in [-0.3, -0.25) is 0 Å². The molecule has 0 radical (unpaired) electrons. The predicted molar refractivity (Wildman–Crippen MR) is 88.0 cm³/mol. The number of likely N-dealkylation sites (N-methyl/N-ethyl adjacent to an activating group) is 1. The molecule has 0 amide bonds. The molecular formula is C18H22N2O2. The Hall–Kier alpha value is -2.17. The predicted octanol–water partition coefficient (Wildman–Crippen LogP) is 2.78. The minimum atomic E-state index is -0.891. The van der Waals surface area contributed by atoms with Crippen molar-refractivity contribution in [1.29, 1.82) is 0 Å². The van der Waals surface area contributed by atoms with E-state index in [1.165, 1.54) is 5.56 Å². The van der Waals surface area contributed by atoms with Crippen LogP contribution in [0.3, 0.4) is 0 Å². The fourth-order valence-electron chi connectivity index (χ4n) is 2.44. The molecule has 2 rings (SSSR count).